The number of nitrogens with zero attached hydrogens (tertiary/aromatic N) is 1. The zero-order valence-electron chi connectivity index (χ0n) is 13.7. The van der Waals surface area contributed by atoms with Gasteiger partial charge in [-0.1, -0.05) is 31.4 Å². The van der Waals surface area contributed by atoms with Crippen molar-refractivity contribution in [1.29, 1.82) is 0 Å². The number of benzene rings is 1. The number of sulfone groups is 1. The van der Waals surface area contributed by atoms with Crippen LogP contribution >= 0.6 is 11.6 Å². The van der Waals surface area contributed by atoms with Gasteiger partial charge in [0.2, 0.25) is 0 Å². The summed E-state index contributed by atoms with van der Waals surface area (Å²) in [5.41, 5.74) is 0.394. The first kappa shape index (κ1) is 18.3. The highest BCUT2D eigenvalue weighted by molar-refractivity contribution is 7.90. The van der Waals surface area contributed by atoms with Gasteiger partial charge in [-0.2, -0.15) is 0 Å². The van der Waals surface area contributed by atoms with Crippen LogP contribution in [0.4, 0.5) is 0 Å². The fraction of sp³-hybridized carbons (Fsp3) is 0.588. The van der Waals surface area contributed by atoms with Crippen molar-refractivity contribution in [2.75, 3.05) is 19.3 Å². The fourth-order valence-electron chi connectivity index (χ4n) is 3.08. The molecule has 0 saturated carbocycles. The Balaban J connectivity index is 2.17. The van der Waals surface area contributed by atoms with Gasteiger partial charge in [0.1, 0.15) is 0 Å². The molecule has 0 spiro atoms. The SMILES string of the molecule is CCCCC1CCCN(C(=O)c2ccc(Cl)c(S(C)(=O)=O)c2)C1. The predicted octanol–water partition coefficient (Wildman–Crippen LogP) is 3.79. The Labute approximate surface area is 143 Å². The van der Waals surface area contributed by atoms with Crippen LogP contribution in [0.25, 0.3) is 0 Å². The summed E-state index contributed by atoms with van der Waals surface area (Å²) in [4.78, 5) is 14.6. The van der Waals surface area contributed by atoms with Crippen LogP contribution in [-0.2, 0) is 9.84 Å². The van der Waals surface area contributed by atoms with Gasteiger partial charge in [-0.15, -0.1) is 0 Å². The minimum atomic E-state index is -3.45. The second-order valence-electron chi connectivity index (χ2n) is 6.32. The van der Waals surface area contributed by atoms with Gasteiger partial charge in [0.05, 0.1) is 9.92 Å². The molecule has 6 heteroatoms. The molecule has 1 amide bonds. The van der Waals surface area contributed by atoms with Gasteiger partial charge in [-0.3, -0.25) is 4.79 Å². The first-order valence-electron chi connectivity index (χ1n) is 8.11. The second kappa shape index (κ2) is 7.67. The molecule has 0 aliphatic carbocycles. The van der Waals surface area contributed by atoms with Gasteiger partial charge in [-0.25, -0.2) is 8.42 Å². The summed E-state index contributed by atoms with van der Waals surface area (Å²) < 4.78 is 23.5. The van der Waals surface area contributed by atoms with E-state index in [0.717, 1.165) is 32.2 Å². The number of piperidine rings is 1. The van der Waals surface area contributed by atoms with Crippen LogP contribution in [0.2, 0.25) is 5.02 Å². The van der Waals surface area contributed by atoms with Crippen LogP contribution in [-0.4, -0.2) is 38.6 Å². The van der Waals surface area contributed by atoms with Crippen molar-refractivity contribution in [3.05, 3.63) is 28.8 Å². The Kier molecular flexibility index (Phi) is 6.09. The first-order valence-corrected chi connectivity index (χ1v) is 10.4. The molecule has 1 unspecified atom stereocenters. The lowest BCUT2D eigenvalue weighted by Crippen LogP contribution is -2.40. The van der Waals surface area contributed by atoms with Crippen LogP contribution in [0.15, 0.2) is 23.1 Å². The Bertz CT molecular complexity index is 672. The molecule has 1 aliphatic heterocycles. The van der Waals surface area contributed by atoms with E-state index in [1.807, 2.05) is 4.90 Å². The maximum atomic E-state index is 12.7. The molecule has 0 N–H and O–H groups in total. The van der Waals surface area contributed by atoms with Crippen molar-refractivity contribution >= 4 is 27.3 Å². The summed E-state index contributed by atoms with van der Waals surface area (Å²) in [6, 6.07) is 4.49. The number of unbranched alkanes of at least 4 members (excludes halogenated alkanes) is 1. The molecule has 1 aliphatic rings. The van der Waals surface area contributed by atoms with Crippen molar-refractivity contribution < 1.29 is 13.2 Å². The number of carbonyl (C=O) groups excluding carboxylic acids is 1. The molecule has 23 heavy (non-hydrogen) atoms. The maximum Gasteiger partial charge on any atom is 0.253 e. The number of likely N-dealkylation sites (tertiary alicyclic amines) is 1. The third-order valence-electron chi connectivity index (χ3n) is 4.35. The molecule has 4 nitrogen and oxygen atoms in total. The lowest BCUT2D eigenvalue weighted by atomic mass is 9.92. The van der Waals surface area contributed by atoms with Crippen molar-refractivity contribution in [1.82, 2.24) is 4.90 Å². The summed E-state index contributed by atoms with van der Waals surface area (Å²) in [5, 5.41) is 0.156. The van der Waals surface area contributed by atoms with E-state index in [2.05, 4.69) is 6.92 Å². The number of hydrogen-bond acceptors (Lipinski definition) is 3. The van der Waals surface area contributed by atoms with Gasteiger partial charge >= 0.3 is 0 Å². The Hall–Kier alpha value is -1.07. The topological polar surface area (TPSA) is 54.5 Å². The minimum absolute atomic E-state index is 0.0181. The third kappa shape index (κ3) is 4.70. The molecule has 2 rings (SSSR count). The van der Waals surface area contributed by atoms with E-state index in [-0.39, 0.29) is 15.8 Å². The van der Waals surface area contributed by atoms with Gasteiger partial charge in [0.15, 0.2) is 9.84 Å². The summed E-state index contributed by atoms with van der Waals surface area (Å²) in [7, 11) is -3.45. The monoisotopic (exact) mass is 357 g/mol. The average molecular weight is 358 g/mol. The highest BCUT2D eigenvalue weighted by atomic mass is 35.5. The molecule has 0 aromatic heterocycles. The van der Waals surface area contributed by atoms with Gasteiger partial charge < -0.3 is 4.90 Å². The molecule has 1 fully saturated rings. The lowest BCUT2D eigenvalue weighted by molar-refractivity contribution is 0.0666. The lowest BCUT2D eigenvalue weighted by Gasteiger charge is -2.33. The zero-order valence-corrected chi connectivity index (χ0v) is 15.3. The summed E-state index contributed by atoms with van der Waals surface area (Å²) in [6.07, 6.45) is 6.77. The Morgan fingerprint density at radius 2 is 2.13 bits per heavy atom. The Morgan fingerprint density at radius 3 is 2.78 bits per heavy atom. The van der Waals surface area contributed by atoms with E-state index in [1.54, 1.807) is 6.07 Å². The molecule has 0 radical (unpaired) electrons. The van der Waals surface area contributed by atoms with E-state index in [0.29, 0.717) is 11.5 Å². The van der Waals surface area contributed by atoms with Crippen molar-refractivity contribution in [2.24, 2.45) is 5.92 Å². The van der Waals surface area contributed by atoms with Crippen LogP contribution in [0.1, 0.15) is 49.4 Å². The number of rotatable bonds is 5. The standard InChI is InChI=1S/C17H24ClNO3S/c1-3-4-6-13-7-5-10-19(12-13)17(20)14-8-9-15(18)16(11-14)23(2,21)22/h8-9,11,13H,3-7,10,12H2,1-2H3. The van der Waals surface area contributed by atoms with Crippen LogP contribution in [0.5, 0.6) is 0 Å². The number of hydrogen-bond donors (Lipinski definition) is 0. The first-order chi connectivity index (χ1) is 10.8. The van der Waals surface area contributed by atoms with Gasteiger partial charge in [-0.05, 0) is 43.4 Å². The molecule has 128 valence electrons. The average Bonchev–Trinajstić information content (AvgIpc) is 2.52. The summed E-state index contributed by atoms with van der Waals surface area (Å²) in [5.74, 6) is 0.446. The third-order valence-corrected chi connectivity index (χ3v) is 5.93. The van der Waals surface area contributed by atoms with Crippen LogP contribution in [0.3, 0.4) is 0 Å². The zero-order chi connectivity index (χ0) is 17.0. The van der Waals surface area contributed by atoms with Crippen molar-refractivity contribution in [2.45, 2.75) is 43.9 Å². The van der Waals surface area contributed by atoms with Gasteiger partial charge in [0.25, 0.3) is 5.91 Å². The van der Waals surface area contributed by atoms with Crippen molar-refractivity contribution in [3.63, 3.8) is 0 Å². The largest absolute Gasteiger partial charge is 0.338 e. The highest BCUT2D eigenvalue weighted by Gasteiger charge is 2.25. The highest BCUT2D eigenvalue weighted by Crippen LogP contribution is 2.26. The molecule has 1 heterocycles. The molecular formula is C17H24ClNO3S. The number of carbonyl (C=O) groups is 1. The van der Waals surface area contributed by atoms with Crippen LogP contribution in [0, 0.1) is 5.92 Å². The quantitative estimate of drug-likeness (QED) is 0.805. The van der Waals surface area contributed by atoms with Gasteiger partial charge in [0, 0.05) is 24.9 Å². The van der Waals surface area contributed by atoms with Crippen molar-refractivity contribution in [3.8, 4) is 0 Å². The predicted molar refractivity (Wildman–Crippen MR) is 92.7 cm³/mol. The van der Waals surface area contributed by atoms with E-state index in [4.69, 9.17) is 11.6 Å². The maximum absolute atomic E-state index is 12.7. The van der Waals surface area contributed by atoms with E-state index in [9.17, 15) is 13.2 Å². The summed E-state index contributed by atoms with van der Waals surface area (Å²) in [6.45, 7) is 3.67. The van der Waals surface area contributed by atoms with E-state index in [1.165, 1.54) is 31.4 Å². The normalized spacial score (nSPS) is 18.9. The molecule has 1 saturated heterocycles. The van der Waals surface area contributed by atoms with E-state index >= 15 is 0 Å². The van der Waals surface area contributed by atoms with Crippen LogP contribution < -0.4 is 0 Å². The number of halogens is 1. The molecule has 1 atom stereocenters. The fourth-order valence-corrected chi connectivity index (χ4v) is 4.38. The number of amides is 1. The molecule has 1 aromatic rings. The smallest absolute Gasteiger partial charge is 0.253 e. The molecule has 1 aromatic carbocycles. The Morgan fingerprint density at radius 1 is 1.39 bits per heavy atom. The minimum Gasteiger partial charge on any atom is -0.338 e. The molecule has 0 bridgehead atoms. The molecular weight excluding hydrogens is 334 g/mol. The second-order valence-corrected chi connectivity index (χ2v) is 8.71. The summed E-state index contributed by atoms with van der Waals surface area (Å²) >= 11 is 5.95. The van der Waals surface area contributed by atoms with E-state index < -0.39 is 9.84 Å².